The van der Waals surface area contributed by atoms with Crippen molar-refractivity contribution >= 4 is 0 Å². The van der Waals surface area contributed by atoms with Crippen LogP contribution >= 0.6 is 0 Å². The molecule has 1 saturated carbocycles. The molecule has 122 valence electrons. The summed E-state index contributed by atoms with van der Waals surface area (Å²) in [5.41, 5.74) is 1.39. The third kappa shape index (κ3) is 4.47. The Morgan fingerprint density at radius 3 is 2.55 bits per heavy atom. The number of nitrogens with zero attached hydrogens (tertiary/aromatic N) is 2. The van der Waals surface area contributed by atoms with E-state index in [4.69, 9.17) is 4.74 Å². The van der Waals surface area contributed by atoms with Crippen molar-refractivity contribution in [3.8, 4) is 5.75 Å². The molecule has 1 saturated heterocycles. The highest BCUT2D eigenvalue weighted by Crippen LogP contribution is 2.27. The van der Waals surface area contributed by atoms with Gasteiger partial charge in [-0.15, -0.1) is 0 Å². The van der Waals surface area contributed by atoms with Crippen LogP contribution in [0.2, 0.25) is 0 Å². The van der Waals surface area contributed by atoms with E-state index in [1.807, 2.05) is 0 Å². The number of rotatable bonds is 6. The first-order chi connectivity index (χ1) is 10.8. The van der Waals surface area contributed by atoms with Crippen molar-refractivity contribution in [2.75, 3.05) is 39.8 Å². The van der Waals surface area contributed by atoms with Gasteiger partial charge in [-0.2, -0.15) is 0 Å². The Labute approximate surface area is 135 Å². The van der Waals surface area contributed by atoms with Gasteiger partial charge in [0.1, 0.15) is 5.75 Å². The monoisotopic (exact) mass is 302 g/mol. The molecule has 2 fully saturated rings. The summed E-state index contributed by atoms with van der Waals surface area (Å²) in [6.07, 6.45) is 7.95. The van der Waals surface area contributed by atoms with E-state index in [1.54, 1.807) is 0 Å². The van der Waals surface area contributed by atoms with E-state index in [0.29, 0.717) is 6.10 Å². The van der Waals surface area contributed by atoms with Crippen LogP contribution in [0.1, 0.15) is 37.7 Å². The molecule has 3 rings (SSSR count). The summed E-state index contributed by atoms with van der Waals surface area (Å²) in [6, 6.07) is 8.65. The third-order valence-electron chi connectivity index (χ3n) is 5.08. The van der Waals surface area contributed by atoms with Gasteiger partial charge in [0, 0.05) is 26.2 Å². The highest BCUT2D eigenvalue weighted by Gasteiger charge is 2.18. The van der Waals surface area contributed by atoms with Gasteiger partial charge in [0.15, 0.2) is 0 Å². The highest BCUT2D eigenvalue weighted by atomic mass is 16.5. The molecule has 22 heavy (non-hydrogen) atoms. The van der Waals surface area contributed by atoms with Crippen LogP contribution in [0.15, 0.2) is 24.3 Å². The average molecular weight is 302 g/mol. The summed E-state index contributed by atoms with van der Waals surface area (Å²) >= 11 is 0. The minimum atomic E-state index is 0.457. The van der Waals surface area contributed by atoms with Crippen molar-refractivity contribution in [2.45, 2.75) is 44.6 Å². The molecule has 0 N–H and O–H groups in total. The first kappa shape index (κ1) is 15.8. The number of likely N-dealkylation sites (N-methyl/N-ethyl adjacent to an activating group) is 1. The van der Waals surface area contributed by atoms with Crippen molar-refractivity contribution in [3.63, 3.8) is 0 Å². The van der Waals surface area contributed by atoms with Gasteiger partial charge in [0.2, 0.25) is 0 Å². The second kappa shape index (κ2) is 7.98. The number of piperazine rings is 1. The third-order valence-corrected chi connectivity index (χ3v) is 5.08. The Hall–Kier alpha value is -1.06. The second-order valence-electron chi connectivity index (χ2n) is 6.88. The largest absolute Gasteiger partial charge is 0.490 e. The molecule has 1 aliphatic heterocycles. The zero-order valence-electron chi connectivity index (χ0n) is 14.0. The Morgan fingerprint density at radius 2 is 1.77 bits per heavy atom. The molecule has 0 amide bonds. The number of aryl methyl sites for hydroxylation is 1. The normalized spacial score (nSPS) is 21.3. The Morgan fingerprint density at radius 1 is 1.05 bits per heavy atom. The lowest BCUT2D eigenvalue weighted by Gasteiger charge is -2.32. The molecule has 1 aromatic rings. The second-order valence-corrected chi connectivity index (χ2v) is 6.88. The quantitative estimate of drug-likeness (QED) is 0.802. The van der Waals surface area contributed by atoms with Crippen molar-refractivity contribution in [1.29, 1.82) is 0 Å². The molecule has 2 aliphatic rings. The number of hydrogen-bond acceptors (Lipinski definition) is 3. The Kier molecular flexibility index (Phi) is 5.74. The summed E-state index contributed by atoms with van der Waals surface area (Å²) < 4.78 is 6.24. The number of benzene rings is 1. The summed E-state index contributed by atoms with van der Waals surface area (Å²) in [4.78, 5) is 5.02. The molecule has 0 bridgehead atoms. The summed E-state index contributed by atoms with van der Waals surface area (Å²) in [5, 5.41) is 0. The van der Waals surface area contributed by atoms with Gasteiger partial charge in [-0.3, -0.25) is 0 Å². The summed E-state index contributed by atoms with van der Waals surface area (Å²) in [6.45, 7) is 6.07. The molecule has 0 unspecified atom stereocenters. The van der Waals surface area contributed by atoms with Gasteiger partial charge in [-0.25, -0.2) is 0 Å². The molecule has 0 spiro atoms. The predicted octanol–water partition coefficient (Wildman–Crippen LogP) is 3.19. The molecule has 0 radical (unpaired) electrons. The Bertz CT molecular complexity index is 449. The van der Waals surface area contributed by atoms with Crippen molar-refractivity contribution in [3.05, 3.63) is 29.8 Å². The van der Waals surface area contributed by atoms with Crippen LogP contribution in [-0.4, -0.2) is 55.7 Å². The fraction of sp³-hybridized carbons (Fsp3) is 0.684. The van der Waals surface area contributed by atoms with Gasteiger partial charge >= 0.3 is 0 Å². The molecular weight excluding hydrogens is 272 g/mol. The van der Waals surface area contributed by atoms with Crippen LogP contribution in [0, 0.1) is 0 Å². The van der Waals surface area contributed by atoms with E-state index in [0.717, 1.165) is 12.2 Å². The van der Waals surface area contributed by atoms with Gasteiger partial charge in [-0.05, 0) is 63.7 Å². The van der Waals surface area contributed by atoms with Crippen molar-refractivity contribution in [2.24, 2.45) is 0 Å². The average Bonchev–Trinajstić information content (AvgIpc) is 3.04. The molecule has 3 heteroatoms. The molecule has 1 aromatic carbocycles. The molecule has 3 nitrogen and oxygen atoms in total. The van der Waals surface area contributed by atoms with E-state index >= 15 is 0 Å². The smallest absolute Gasteiger partial charge is 0.122 e. The zero-order chi connectivity index (χ0) is 15.2. The molecule has 0 atom stereocenters. The first-order valence-corrected chi connectivity index (χ1v) is 8.97. The van der Waals surface area contributed by atoms with Crippen LogP contribution in [0.4, 0.5) is 0 Å². The minimum absolute atomic E-state index is 0.457. The van der Waals surface area contributed by atoms with E-state index in [-0.39, 0.29) is 0 Å². The van der Waals surface area contributed by atoms with E-state index in [9.17, 15) is 0 Å². The lowest BCUT2D eigenvalue weighted by molar-refractivity contribution is 0.152. The maximum atomic E-state index is 6.24. The lowest BCUT2D eigenvalue weighted by atomic mass is 10.1. The number of hydrogen-bond donors (Lipinski definition) is 0. The number of ether oxygens (including phenoxy) is 1. The van der Waals surface area contributed by atoms with Crippen molar-refractivity contribution < 1.29 is 4.74 Å². The minimum Gasteiger partial charge on any atom is -0.490 e. The fourth-order valence-corrected chi connectivity index (χ4v) is 3.58. The van der Waals surface area contributed by atoms with Gasteiger partial charge < -0.3 is 14.5 Å². The zero-order valence-corrected chi connectivity index (χ0v) is 14.0. The van der Waals surface area contributed by atoms with Gasteiger partial charge in [0.05, 0.1) is 6.10 Å². The fourth-order valence-electron chi connectivity index (χ4n) is 3.58. The SMILES string of the molecule is CN1CCN(CCCc2ccccc2OC2CCCC2)CC1. The molecule has 1 heterocycles. The van der Waals surface area contributed by atoms with E-state index in [2.05, 4.69) is 41.1 Å². The van der Waals surface area contributed by atoms with Crippen LogP contribution in [0.5, 0.6) is 5.75 Å². The van der Waals surface area contributed by atoms with Gasteiger partial charge in [-0.1, -0.05) is 18.2 Å². The molecule has 1 aliphatic carbocycles. The number of para-hydroxylation sites is 1. The van der Waals surface area contributed by atoms with Gasteiger partial charge in [0.25, 0.3) is 0 Å². The predicted molar refractivity (Wildman–Crippen MR) is 91.6 cm³/mol. The first-order valence-electron chi connectivity index (χ1n) is 8.97. The highest BCUT2D eigenvalue weighted by molar-refractivity contribution is 5.33. The van der Waals surface area contributed by atoms with Crippen molar-refractivity contribution in [1.82, 2.24) is 9.80 Å². The maximum absolute atomic E-state index is 6.24. The summed E-state index contributed by atoms with van der Waals surface area (Å²) in [5.74, 6) is 1.13. The molecular formula is C19H30N2O. The van der Waals surface area contributed by atoms with E-state index < -0.39 is 0 Å². The molecule has 0 aromatic heterocycles. The topological polar surface area (TPSA) is 15.7 Å². The maximum Gasteiger partial charge on any atom is 0.122 e. The van der Waals surface area contributed by atoms with Crippen LogP contribution in [0.3, 0.4) is 0 Å². The van der Waals surface area contributed by atoms with Crippen LogP contribution < -0.4 is 4.74 Å². The van der Waals surface area contributed by atoms with E-state index in [1.165, 1.54) is 70.4 Å². The summed E-state index contributed by atoms with van der Waals surface area (Å²) in [7, 11) is 2.22. The van der Waals surface area contributed by atoms with Crippen LogP contribution in [0.25, 0.3) is 0 Å². The standard InChI is InChI=1S/C19H30N2O/c1-20-13-15-21(16-14-20)12-6-8-17-7-2-5-11-19(17)22-18-9-3-4-10-18/h2,5,7,11,18H,3-4,6,8-10,12-16H2,1H3. The Balaban J connectivity index is 1.47. The van der Waals surface area contributed by atoms with Crippen LogP contribution in [-0.2, 0) is 6.42 Å². The lowest BCUT2D eigenvalue weighted by Crippen LogP contribution is -2.44.